The molecule has 0 radical (unpaired) electrons. The lowest BCUT2D eigenvalue weighted by Crippen LogP contribution is -2.05. The molecule has 1 rings (SSSR count). The van der Waals surface area contributed by atoms with Gasteiger partial charge in [0, 0.05) is 5.69 Å². The molecule has 0 unspecified atom stereocenters. The van der Waals surface area contributed by atoms with E-state index in [0.717, 1.165) is 11.4 Å². The second-order valence-electron chi connectivity index (χ2n) is 2.43. The molecule has 0 fully saturated rings. The molecule has 0 saturated heterocycles. The van der Waals surface area contributed by atoms with E-state index in [1.807, 2.05) is 6.92 Å². The molecule has 0 atom stereocenters. The molecule has 11 heavy (non-hydrogen) atoms. The number of amidine groups is 1. The summed E-state index contributed by atoms with van der Waals surface area (Å²) in [7, 11) is 0. The van der Waals surface area contributed by atoms with E-state index in [1.165, 1.54) is 0 Å². The molecule has 0 aliphatic rings. The van der Waals surface area contributed by atoms with E-state index in [4.69, 9.17) is 5.73 Å². The second-order valence-corrected chi connectivity index (χ2v) is 2.43. The molecule has 0 aromatic carbocycles. The van der Waals surface area contributed by atoms with Gasteiger partial charge in [0.25, 0.3) is 0 Å². The molecule has 0 aliphatic carbocycles. The molecule has 1 aromatic rings. The molecule has 1 aromatic heterocycles. The van der Waals surface area contributed by atoms with Gasteiger partial charge in [0.05, 0.1) is 24.4 Å². The average Bonchev–Trinajstić information content (AvgIpc) is 2.31. The highest BCUT2D eigenvalue weighted by Crippen LogP contribution is 2.01. The Morgan fingerprint density at radius 1 is 1.82 bits per heavy atom. The fourth-order valence-corrected chi connectivity index (χ4v) is 0.746. The Labute approximate surface area is 65.6 Å². The highest BCUT2D eigenvalue weighted by molar-refractivity contribution is 5.77. The fourth-order valence-electron chi connectivity index (χ4n) is 0.746. The zero-order chi connectivity index (χ0) is 8.27. The minimum atomic E-state index is 0.567. The maximum absolute atomic E-state index is 5.37. The highest BCUT2D eigenvalue weighted by atomic mass is 14.9. The Morgan fingerprint density at radius 3 is 3.00 bits per heavy atom. The monoisotopic (exact) mass is 152 g/mol. The Balaban J connectivity index is 2.65. The van der Waals surface area contributed by atoms with Gasteiger partial charge in [0.2, 0.25) is 0 Å². The SMILES string of the molecule is CC(N)=NCc1nc[nH]c1C. The molecule has 4 heteroatoms. The Kier molecular flexibility index (Phi) is 2.25. The number of hydrogen-bond donors (Lipinski definition) is 2. The van der Waals surface area contributed by atoms with Crippen molar-refractivity contribution >= 4 is 5.84 Å². The third-order valence-electron chi connectivity index (χ3n) is 1.41. The van der Waals surface area contributed by atoms with Crippen LogP contribution in [0.5, 0.6) is 0 Å². The molecular weight excluding hydrogens is 140 g/mol. The Hall–Kier alpha value is -1.32. The van der Waals surface area contributed by atoms with Crippen molar-refractivity contribution < 1.29 is 0 Å². The van der Waals surface area contributed by atoms with E-state index in [1.54, 1.807) is 13.3 Å². The normalized spacial score (nSPS) is 12.0. The van der Waals surface area contributed by atoms with Crippen LogP contribution in [0.3, 0.4) is 0 Å². The summed E-state index contributed by atoms with van der Waals surface area (Å²) in [4.78, 5) is 11.1. The van der Waals surface area contributed by atoms with Crippen LogP contribution in [0, 0.1) is 6.92 Å². The number of nitrogens with two attached hydrogens (primary N) is 1. The maximum atomic E-state index is 5.37. The van der Waals surface area contributed by atoms with E-state index >= 15 is 0 Å². The van der Waals surface area contributed by atoms with Crippen LogP contribution >= 0.6 is 0 Å². The first kappa shape index (κ1) is 7.78. The van der Waals surface area contributed by atoms with Gasteiger partial charge in [0.1, 0.15) is 0 Å². The van der Waals surface area contributed by atoms with E-state index in [9.17, 15) is 0 Å². The van der Waals surface area contributed by atoms with Crippen LogP contribution in [0.15, 0.2) is 11.3 Å². The first-order chi connectivity index (χ1) is 5.20. The molecule has 0 saturated carbocycles. The van der Waals surface area contributed by atoms with Gasteiger partial charge in [-0.1, -0.05) is 0 Å². The number of aromatic amines is 1. The summed E-state index contributed by atoms with van der Waals surface area (Å²) in [6, 6.07) is 0. The number of hydrogen-bond acceptors (Lipinski definition) is 2. The Morgan fingerprint density at radius 2 is 2.55 bits per heavy atom. The molecule has 0 aliphatic heterocycles. The van der Waals surface area contributed by atoms with Crippen LogP contribution in [-0.2, 0) is 6.54 Å². The average molecular weight is 152 g/mol. The van der Waals surface area contributed by atoms with Crippen molar-refractivity contribution in [1.29, 1.82) is 0 Å². The first-order valence-corrected chi connectivity index (χ1v) is 3.45. The molecule has 3 N–H and O–H groups in total. The summed E-state index contributed by atoms with van der Waals surface area (Å²) in [5, 5.41) is 0. The van der Waals surface area contributed by atoms with Crippen LogP contribution in [0.4, 0.5) is 0 Å². The van der Waals surface area contributed by atoms with Gasteiger partial charge >= 0.3 is 0 Å². The summed E-state index contributed by atoms with van der Waals surface area (Å²) >= 11 is 0. The minimum absolute atomic E-state index is 0.567. The molecule has 0 amide bonds. The lowest BCUT2D eigenvalue weighted by atomic mass is 10.3. The molecule has 1 heterocycles. The van der Waals surface area contributed by atoms with E-state index < -0.39 is 0 Å². The number of aryl methyl sites for hydroxylation is 1. The molecule has 60 valence electrons. The minimum Gasteiger partial charge on any atom is -0.388 e. The van der Waals surface area contributed by atoms with Crippen LogP contribution in [0.25, 0.3) is 0 Å². The third kappa shape index (κ3) is 2.07. The van der Waals surface area contributed by atoms with Gasteiger partial charge in [-0.05, 0) is 13.8 Å². The summed E-state index contributed by atoms with van der Waals surface area (Å²) in [5.41, 5.74) is 7.38. The summed E-state index contributed by atoms with van der Waals surface area (Å²) in [6.45, 7) is 4.29. The van der Waals surface area contributed by atoms with Crippen molar-refractivity contribution in [3.8, 4) is 0 Å². The molecule has 4 nitrogen and oxygen atoms in total. The topological polar surface area (TPSA) is 67.1 Å². The van der Waals surface area contributed by atoms with Crippen LogP contribution in [-0.4, -0.2) is 15.8 Å². The van der Waals surface area contributed by atoms with Gasteiger partial charge in [-0.25, -0.2) is 4.98 Å². The van der Waals surface area contributed by atoms with E-state index in [0.29, 0.717) is 12.4 Å². The van der Waals surface area contributed by atoms with Crippen LogP contribution < -0.4 is 5.73 Å². The predicted octanol–water partition coefficient (Wildman–Crippen LogP) is 0.595. The van der Waals surface area contributed by atoms with Gasteiger partial charge in [-0.2, -0.15) is 0 Å². The lowest BCUT2D eigenvalue weighted by Gasteiger charge is -1.92. The van der Waals surface area contributed by atoms with Crippen LogP contribution in [0.2, 0.25) is 0 Å². The summed E-state index contributed by atoms with van der Waals surface area (Å²) < 4.78 is 0. The quantitative estimate of drug-likeness (QED) is 0.481. The molecule has 0 spiro atoms. The number of imidazole rings is 1. The number of nitrogens with one attached hydrogen (secondary N) is 1. The van der Waals surface area contributed by atoms with Gasteiger partial charge in [-0.15, -0.1) is 0 Å². The number of nitrogens with zero attached hydrogens (tertiary/aromatic N) is 2. The van der Waals surface area contributed by atoms with Crippen molar-refractivity contribution in [2.45, 2.75) is 20.4 Å². The van der Waals surface area contributed by atoms with Crippen LogP contribution in [0.1, 0.15) is 18.3 Å². The zero-order valence-corrected chi connectivity index (χ0v) is 6.76. The van der Waals surface area contributed by atoms with Gasteiger partial charge in [-0.3, -0.25) is 4.99 Å². The largest absolute Gasteiger partial charge is 0.388 e. The standard InChI is InChI=1S/C7H12N4/c1-5-7(11-4-10-5)3-9-6(2)8/h4H,3H2,1-2H3,(H2,8,9)(H,10,11). The zero-order valence-electron chi connectivity index (χ0n) is 6.76. The van der Waals surface area contributed by atoms with Crippen molar-refractivity contribution in [1.82, 2.24) is 9.97 Å². The van der Waals surface area contributed by atoms with Gasteiger partial charge in [0.15, 0.2) is 0 Å². The lowest BCUT2D eigenvalue weighted by molar-refractivity contribution is 0.986. The number of aromatic nitrogens is 2. The summed E-state index contributed by atoms with van der Waals surface area (Å²) in [5.74, 6) is 0.590. The van der Waals surface area contributed by atoms with E-state index in [-0.39, 0.29) is 0 Å². The third-order valence-corrected chi connectivity index (χ3v) is 1.41. The number of rotatable bonds is 2. The van der Waals surface area contributed by atoms with Gasteiger partial charge < -0.3 is 10.7 Å². The second kappa shape index (κ2) is 3.18. The predicted molar refractivity (Wildman–Crippen MR) is 44.3 cm³/mol. The van der Waals surface area contributed by atoms with Crippen molar-refractivity contribution in [3.63, 3.8) is 0 Å². The molecular formula is C7H12N4. The number of H-pyrrole nitrogens is 1. The van der Waals surface area contributed by atoms with Crippen molar-refractivity contribution in [2.24, 2.45) is 10.7 Å². The van der Waals surface area contributed by atoms with Crippen molar-refractivity contribution in [2.75, 3.05) is 0 Å². The first-order valence-electron chi connectivity index (χ1n) is 3.45. The van der Waals surface area contributed by atoms with E-state index in [2.05, 4.69) is 15.0 Å². The van der Waals surface area contributed by atoms with Crippen molar-refractivity contribution in [3.05, 3.63) is 17.7 Å². The number of aliphatic imine (C=N–C) groups is 1. The fraction of sp³-hybridized carbons (Fsp3) is 0.429. The maximum Gasteiger partial charge on any atom is 0.0925 e. The summed E-state index contributed by atoms with van der Waals surface area (Å²) in [6.07, 6.45) is 1.66. The smallest absolute Gasteiger partial charge is 0.0925 e. The highest BCUT2D eigenvalue weighted by Gasteiger charge is 1.97. The Bertz CT molecular complexity index is 257. The molecule has 0 bridgehead atoms.